The Hall–Kier alpha value is -2.76. The highest BCUT2D eigenvalue weighted by Crippen LogP contribution is 2.32. The number of aliphatic imine (C=N–C) groups is 1. The number of nitrogens with one attached hydrogen (secondary N) is 2. The van der Waals surface area contributed by atoms with Crippen molar-refractivity contribution in [3.63, 3.8) is 0 Å². The van der Waals surface area contributed by atoms with Crippen LogP contribution in [0.2, 0.25) is 0 Å². The van der Waals surface area contributed by atoms with E-state index in [1.54, 1.807) is 6.20 Å². The van der Waals surface area contributed by atoms with E-state index in [1.165, 1.54) is 12.8 Å². The summed E-state index contributed by atoms with van der Waals surface area (Å²) < 4.78 is 11.9. The number of ether oxygens (including phenoxy) is 2. The second-order valence-corrected chi connectivity index (χ2v) is 6.48. The van der Waals surface area contributed by atoms with Crippen LogP contribution in [0.15, 0.2) is 47.6 Å². The molecule has 27 heavy (non-hydrogen) atoms. The molecule has 1 aromatic carbocycles. The number of hydrogen-bond donors (Lipinski definition) is 2. The van der Waals surface area contributed by atoms with Gasteiger partial charge in [0.15, 0.2) is 17.5 Å². The van der Waals surface area contributed by atoms with Crippen molar-refractivity contribution in [2.75, 3.05) is 13.2 Å². The van der Waals surface area contributed by atoms with E-state index in [9.17, 15) is 0 Å². The van der Waals surface area contributed by atoms with Gasteiger partial charge < -0.3 is 20.1 Å². The minimum atomic E-state index is 0.489. The maximum absolute atomic E-state index is 6.08. The fourth-order valence-corrected chi connectivity index (χ4v) is 2.51. The fourth-order valence-electron chi connectivity index (χ4n) is 2.51. The van der Waals surface area contributed by atoms with Gasteiger partial charge in [-0.25, -0.2) is 9.98 Å². The molecule has 1 heterocycles. The van der Waals surface area contributed by atoms with Gasteiger partial charge in [-0.1, -0.05) is 25.1 Å². The Morgan fingerprint density at radius 3 is 2.70 bits per heavy atom. The number of aromatic nitrogens is 1. The molecule has 1 aliphatic rings. The maximum atomic E-state index is 6.08. The number of hydrogen-bond acceptors (Lipinski definition) is 4. The summed E-state index contributed by atoms with van der Waals surface area (Å²) in [7, 11) is 0. The Morgan fingerprint density at radius 2 is 1.96 bits per heavy atom. The Balaban J connectivity index is 1.74. The van der Waals surface area contributed by atoms with Crippen LogP contribution in [0.4, 0.5) is 0 Å². The van der Waals surface area contributed by atoms with Crippen molar-refractivity contribution in [2.24, 2.45) is 4.99 Å². The standard InChI is InChI=1S/C21H28N4O2/c1-3-14-26-18-9-5-6-10-19(18)27-20-16(8-7-13-23-20)15-24-21(22-4-2)25-17-11-12-17/h5-10,13,17H,3-4,11-12,14-15H2,1-2H3,(H2,22,24,25). The Labute approximate surface area is 161 Å². The average Bonchev–Trinajstić information content (AvgIpc) is 3.51. The second kappa shape index (κ2) is 9.80. The number of guanidine groups is 1. The summed E-state index contributed by atoms with van der Waals surface area (Å²) in [4.78, 5) is 9.09. The summed E-state index contributed by atoms with van der Waals surface area (Å²) >= 11 is 0. The quantitative estimate of drug-likeness (QED) is 0.519. The number of rotatable bonds is 9. The first-order valence-corrected chi connectivity index (χ1v) is 9.68. The molecule has 0 aliphatic heterocycles. The third kappa shape index (κ3) is 5.88. The van der Waals surface area contributed by atoms with E-state index >= 15 is 0 Å². The van der Waals surface area contributed by atoms with Crippen molar-refractivity contribution in [3.8, 4) is 17.4 Å². The van der Waals surface area contributed by atoms with Crippen LogP contribution in [0.5, 0.6) is 17.4 Å². The number of nitrogens with zero attached hydrogens (tertiary/aromatic N) is 2. The van der Waals surface area contributed by atoms with E-state index in [4.69, 9.17) is 9.47 Å². The Bertz CT molecular complexity index is 759. The summed E-state index contributed by atoms with van der Waals surface area (Å²) in [5.41, 5.74) is 0.927. The highest BCUT2D eigenvalue weighted by Gasteiger charge is 2.22. The average molecular weight is 368 g/mol. The van der Waals surface area contributed by atoms with E-state index < -0.39 is 0 Å². The predicted octanol–water partition coefficient (Wildman–Crippen LogP) is 3.88. The minimum Gasteiger partial charge on any atom is -0.490 e. The fraction of sp³-hybridized carbons (Fsp3) is 0.429. The van der Waals surface area contributed by atoms with E-state index in [0.29, 0.717) is 30.8 Å². The molecule has 0 saturated heterocycles. The summed E-state index contributed by atoms with van der Waals surface area (Å²) in [6.45, 7) is 6.12. The highest BCUT2D eigenvalue weighted by atomic mass is 16.5. The molecule has 6 heteroatoms. The maximum Gasteiger partial charge on any atom is 0.224 e. The number of pyridine rings is 1. The summed E-state index contributed by atoms with van der Waals surface area (Å²) in [5, 5.41) is 6.70. The molecule has 0 radical (unpaired) electrons. The van der Waals surface area contributed by atoms with E-state index in [0.717, 1.165) is 30.2 Å². The lowest BCUT2D eigenvalue weighted by molar-refractivity contribution is 0.300. The largest absolute Gasteiger partial charge is 0.490 e. The van der Waals surface area contributed by atoms with Crippen LogP contribution in [-0.4, -0.2) is 30.1 Å². The molecule has 6 nitrogen and oxygen atoms in total. The first kappa shape index (κ1) is 19.0. The molecule has 1 aliphatic carbocycles. The Kier molecular flexibility index (Phi) is 6.90. The molecule has 144 valence electrons. The van der Waals surface area contributed by atoms with E-state index in [1.807, 2.05) is 36.4 Å². The zero-order valence-electron chi connectivity index (χ0n) is 16.1. The third-order valence-electron chi connectivity index (χ3n) is 4.04. The lowest BCUT2D eigenvalue weighted by Gasteiger charge is -2.14. The molecule has 0 spiro atoms. The van der Waals surface area contributed by atoms with E-state index in [-0.39, 0.29) is 0 Å². The zero-order valence-corrected chi connectivity index (χ0v) is 16.1. The van der Waals surface area contributed by atoms with Crippen LogP contribution in [0.1, 0.15) is 38.7 Å². The van der Waals surface area contributed by atoms with Gasteiger partial charge in [-0.2, -0.15) is 0 Å². The van der Waals surface area contributed by atoms with Crippen LogP contribution in [-0.2, 0) is 6.54 Å². The number of para-hydroxylation sites is 2. The molecule has 0 bridgehead atoms. The van der Waals surface area contributed by atoms with Crippen molar-refractivity contribution in [1.82, 2.24) is 15.6 Å². The second-order valence-electron chi connectivity index (χ2n) is 6.48. The molecule has 0 unspecified atom stereocenters. The van der Waals surface area contributed by atoms with E-state index in [2.05, 4.69) is 34.5 Å². The van der Waals surface area contributed by atoms with Gasteiger partial charge in [-0.3, -0.25) is 0 Å². The summed E-state index contributed by atoms with van der Waals surface area (Å²) in [6, 6.07) is 12.1. The van der Waals surface area contributed by atoms with Crippen molar-refractivity contribution >= 4 is 5.96 Å². The van der Waals surface area contributed by atoms with Gasteiger partial charge in [0.1, 0.15) is 0 Å². The molecule has 1 fully saturated rings. The lowest BCUT2D eigenvalue weighted by Crippen LogP contribution is -2.38. The van der Waals surface area contributed by atoms with Crippen molar-refractivity contribution in [2.45, 2.75) is 45.7 Å². The molecule has 1 aromatic heterocycles. The molecular weight excluding hydrogens is 340 g/mol. The first-order valence-electron chi connectivity index (χ1n) is 9.68. The number of benzene rings is 1. The summed E-state index contributed by atoms with van der Waals surface area (Å²) in [5.74, 6) is 2.78. The first-order chi connectivity index (χ1) is 13.3. The van der Waals surface area contributed by atoms with Gasteiger partial charge in [0, 0.05) is 24.3 Å². The van der Waals surface area contributed by atoms with Crippen LogP contribution in [0, 0.1) is 0 Å². The van der Waals surface area contributed by atoms with Crippen molar-refractivity contribution in [3.05, 3.63) is 48.2 Å². The monoisotopic (exact) mass is 368 g/mol. The molecule has 0 amide bonds. The van der Waals surface area contributed by atoms with Crippen molar-refractivity contribution in [1.29, 1.82) is 0 Å². The zero-order chi connectivity index (χ0) is 18.9. The smallest absolute Gasteiger partial charge is 0.224 e. The molecule has 0 atom stereocenters. The van der Waals surface area contributed by atoms with Crippen molar-refractivity contribution < 1.29 is 9.47 Å². The van der Waals surface area contributed by atoms with Crippen LogP contribution >= 0.6 is 0 Å². The molecule has 3 rings (SSSR count). The topological polar surface area (TPSA) is 67.8 Å². The molecule has 1 saturated carbocycles. The summed E-state index contributed by atoms with van der Waals surface area (Å²) in [6.07, 6.45) is 5.09. The van der Waals surface area contributed by atoms with Gasteiger partial charge in [0.05, 0.1) is 13.2 Å². The molecule has 2 aromatic rings. The minimum absolute atomic E-state index is 0.489. The van der Waals surface area contributed by atoms with Gasteiger partial charge in [0.25, 0.3) is 0 Å². The normalized spacial score (nSPS) is 13.9. The van der Waals surface area contributed by atoms with Gasteiger partial charge in [0.2, 0.25) is 5.88 Å². The SMILES string of the molecule is CCCOc1ccccc1Oc1ncccc1CN=C(NCC)NC1CC1. The van der Waals surface area contributed by atoms with Gasteiger partial charge in [-0.05, 0) is 44.4 Å². The van der Waals surface area contributed by atoms with Crippen LogP contribution in [0.25, 0.3) is 0 Å². The third-order valence-corrected chi connectivity index (χ3v) is 4.04. The van der Waals surface area contributed by atoms with Crippen LogP contribution in [0.3, 0.4) is 0 Å². The predicted molar refractivity (Wildman–Crippen MR) is 108 cm³/mol. The van der Waals surface area contributed by atoms with Crippen LogP contribution < -0.4 is 20.1 Å². The Morgan fingerprint density at radius 1 is 1.15 bits per heavy atom. The molecular formula is C21H28N4O2. The van der Waals surface area contributed by atoms with Gasteiger partial charge in [-0.15, -0.1) is 0 Å². The molecule has 2 N–H and O–H groups in total. The lowest BCUT2D eigenvalue weighted by atomic mass is 10.2. The highest BCUT2D eigenvalue weighted by molar-refractivity contribution is 5.80. The van der Waals surface area contributed by atoms with Gasteiger partial charge >= 0.3 is 0 Å².